The standard InChI is InChI=1S/C27H27N3O6S/c1-35-27-25(30-26(32)20-12-7-11-19(14-20)18-8-3-2-4-9-18)23(31)15-22(36-27)17-29-37(33,34)24-13-6-5-10-21(24)16-28/h2-14,22-23,25,27,29,31H,15,17H2,1H3,(H,30,32)/t22-,23-,25+,27-/m0/s1. The minimum atomic E-state index is -3.98. The van der Waals surface area contributed by atoms with E-state index in [1.165, 1.54) is 25.3 Å². The van der Waals surface area contributed by atoms with Crippen LogP contribution in [0.2, 0.25) is 0 Å². The summed E-state index contributed by atoms with van der Waals surface area (Å²) in [5.41, 5.74) is 2.28. The van der Waals surface area contributed by atoms with Gasteiger partial charge in [0.15, 0.2) is 6.29 Å². The number of methoxy groups -OCH3 is 1. The van der Waals surface area contributed by atoms with Crippen LogP contribution in [-0.4, -0.2) is 57.6 Å². The van der Waals surface area contributed by atoms with Crippen LogP contribution in [0.15, 0.2) is 83.8 Å². The van der Waals surface area contributed by atoms with Crippen molar-refractivity contribution in [1.82, 2.24) is 10.0 Å². The van der Waals surface area contributed by atoms with Gasteiger partial charge < -0.3 is 19.9 Å². The summed E-state index contributed by atoms with van der Waals surface area (Å²) in [7, 11) is -2.61. The summed E-state index contributed by atoms with van der Waals surface area (Å²) >= 11 is 0. The molecule has 0 saturated carbocycles. The number of hydrogen-bond donors (Lipinski definition) is 3. The van der Waals surface area contributed by atoms with Gasteiger partial charge in [0.2, 0.25) is 10.0 Å². The van der Waals surface area contributed by atoms with E-state index >= 15 is 0 Å². The summed E-state index contributed by atoms with van der Waals surface area (Å²) in [5, 5.41) is 22.8. The number of rotatable bonds is 8. The number of aliphatic hydroxyl groups is 1. The number of aliphatic hydroxyl groups excluding tert-OH is 1. The van der Waals surface area contributed by atoms with Crippen LogP contribution >= 0.6 is 0 Å². The van der Waals surface area contributed by atoms with Gasteiger partial charge in [0.1, 0.15) is 12.1 Å². The van der Waals surface area contributed by atoms with Crippen molar-refractivity contribution in [2.45, 2.75) is 35.9 Å². The maximum Gasteiger partial charge on any atom is 0.251 e. The molecule has 192 valence electrons. The Bertz CT molecular complexity index is 1390. The second kappa shape index (κ2) is 11.6. The second-order valence-electron chi connectivity index (χ2n) is 8.57. The third-order valence-electron chi connectivity index (χ3n) is 6.10. The lowest BCUT2D eigenvalue weighted by molar-refractivity contribution is -0.216. The Hall–Kier alpha value is -3.59. The zero-order chi connectivity index (χ0) is 26.4. The Kier molecular flexibility index (Phi) is 8.33. The largest absolute Gasteiger partial charge is 0.391 e. The second-order valence-corrected chi connectivity index (χ2v) is 10.3. The van der Waals surface area contributed by atoms with E-state index in [9.17, 15) is 23.6 Å². The highest BCUT2D eigenvalue weighted by molar-refractivity contribution is 7.89. The maximum atomic E-state index is 13.0. The van der Waals surface area contributed by atoms with Crippen LogP contribution < -0.4 is 10.0 Å². The lowest BCUT2D eigenvalue weighted by Gasteiger charge is -2.39. The summed E-state index contributed by atoms with van der Waals surface area (Å²) in [5.74, 6) is -0.403. The summed E-state index contributed by atoms with van der Waals surface area (Å²) < 4.78 is 39.1. The molecule has 10 heteroatoms. The molecule has 1 aliphatic rings. The van der Waals surface area contributed by atoms with Crippen LogP contribution in [0.5, 0.6) is 0 Å². The Labute approximate surface area is 215 Å². The number of hydrogen-bond acceptors (Lipinski definition) is 7. The first-order chi connectivity index (χ1) is 17.8. The Balaban J connectivity index is 1.41. The van der Waals surface area contributed by atoms with Crippen LogP contribution in [0.1, 0.15) is 22.3 Å². The van der Waals surface area contributed by atoms with Gasteiger partial charge in [-0.15, -0.1) is 0 Å². The van der Waals surface area contributed by atoms with Crippen molar-refractivity contribution in [2.24, 2.45) is 0 Å². The van der Waals surface area contributed by atoms with Gasteiger partial charge in [0, 0.05) is 25.6 Å². The molecule has 0 bridgehead atoms. The molecular formula is C27H27N3O6S. The summed E-state index contributed by atoms with van der Waals surface area (Å²) in [6, 6.07) is 23.6. The lowest BCUT2D eigenvalue weighted by Crippen LogP contribution is -2.59. The monoisotopic (exact) mass is 521 g/mol. The highest BCUT2D eigenvalue weighted by Gasteiger charge is 2.39. The zero-order valence-electron chi connectivity index (χ0n) is 20.1. The van der Waals surface area contributed by atoms with E-state index < -0.39 is 40.5 Å². The average Bonchev–Trinajstić information content (AvgIpc) is 2.93. The SMILES string of the molecule is CO[C@H]1O[C@H](CNS(=O)(=O)c2ccccc2C#N)C[C@H](O)[C@H]1NC(=O)c1cccc(-c2ccccc2)c1. The van der Waals surface area contributed by atoms with E-state index in [1.54, 1.807) is 24.3 Å². The molecule has 1 saturated heterocycles. The number of nitrogens with zero attached hydrogens (tertiary/aromatic N) is 1. The van der Waals surface area contributed by atoms with Crippen molar-refractivity contribution in [3.63, 3.8) is 0 Å². The quantitative estimate of drug-likeness (QED) is 0.414. The minimum Gasteiger partial charge on any atom is -0.391 e. The van der Waals surface area contributed by atoms with E-state index in [4.69, 9.17) is 9.47 Å². The Morgan fingerprint density at radius 1 is 1.08 bits per heavy atom. The van der Waals surface area contributed by atoms with E-state index in [2.05, 4.69) is 10.0 Å². The van der Waals surface area contributed by atoms with Crippen LogP contribution in [0.4, 0.5) is 0 Å². The number of carbonyl (C=O) groups is 1. The van der Waals surface area contributed by atoms with Crippen LogP contribution in [0, 0.1) is 11.3 Å². The summed E-state index contributed by atoms with van der Waals surface area (Å²) in [6.07, 6.45) is -2.73. The van der Waals surface area contributed by atoms with Gasteiger partial charge in [0.05, 0.1) is 22.7 Å². The first-order valence-electron chi connectivity index (χ1n) is 11.6. The van der Waals surface area contributed by atoms with E-state index in [1.807, 2.05) is 42.5 Å². The fourth-order valence-electron chi connectivity index (χ4n) is 4.20. The van der Waals surface area contributed by atoms with Gasteiger partial charge in [-0.05, 0) is 35.4 Å². The molecule has 0 aliphatic carbocycles. The van der Waals surface area contributed by atoms with Crippen molar-refractivity contribution in [3.05, 3.63) is 90.0 Å². The number of nitrogens with one attached hydrogen (secondary N) is 2. The first-order valence-corrected chi connectivity index (χ1v) is 13.1. The number of nitriles is 1. The molecule has 1 heterocycles. The fourth-order valence-corrected chi connectivity index (χ4v) is 5.43. The number of ether oxygens (including phenoxy) is 2. The van der Waals surface area contributed by atoms with E-state index in [-0.39, 0.29) is 23.4 Å². The molecule has 37 heavy (non-hydrogen) atoms. The first kappa shape index (κ1) is 26.5. The maximum absolute atomic E-state index is 13.0. The molecule has 0 aromatic heterocycles. The molecule has 3 aromatic carbocycles. The Morgan fingerprint density at radius 2 is 1.78 bits per heavy atom. The van der Waals surface area contributed by atoms with Gasteiger partial charge in [-0.1, -0.05) is 54.6 Å². The molecule has 1 amide bonds. The van der Waals surface area contributed by atoms with E-state index in [0.29, 0.717) is 5.56 Å². The number of carbonyl (C=O) groups excluding carboxylic acids is 1. The molecular weight excluding hydrogens is 494 g/mol. The molecule has 3 aromatic rings. The van der Waals surface area contributed by atoms with Gasteiger partial charge in [-0.3, -0.25) is 4.79 Å². The molecule has 3 N–H and O–H groups in total. The highest BCUT2D eigenvalue weighted by atomic mass is 32.2. The van der Waals surface area contributed by atoms with Crippen molar-refractivity contribution in [1.29, 1.82) is 5.26 Å². The van der Waals surface area contributed by atoms with Crippen LogP contribution in [-0.2, 0) is 19.5 Å². The third kappa shape index (κ3) is 6.22. The fraction of sp³-hybridized carbons (Fsp3) is 0.259. The van der Waals surface area contributed by atoms with Gasteiger partial charge >= 0.3 is 0 Å². The van der Waals surface area contributed by atoms with Crippen molar-refractivity contribution in [2.75, 3.05) is 13.7 Å². The Morgan fingerprint density at radius 3 is 2.51 bits per heavy atom. The lowest BCUT2D eigenvalue weighted by atomic mass is 9.99. The van der Waals surface area contributed by atoms with Gasteiger partial charge in [-0.2, -0.15) is 5.26 Å². The molecule has 0 unspecified atom stereocenters. The predicted molar refractivity (Wildman–Crippen MR) is 136 cm³/mol. The van der Waals surface area contributed by atoms with Crippen LogP contribution in [0.25, 0.3) is 11.1 Å². The van der Waals surface area contributed by atoms with Gasteiger partial charge in [0.25, 0.3) is 5.91 Å². The van der Waals surface area contributed by atoms with Crippen molar-refractivity contribution < 1.29 is 27.8 Å². The van der Waals surface area contributed by atoms with Gasteiger partial charge in [-0.25, -0.2) is 13.1 Å². The van der Waals surface area contributed by atoms with E-state index in [0.717, 1.165) is 11.1 Å². The molecule has 9 nitrogen and oxygen atoms in total. The average molecular weight is 522 g/mol. The number of benzene rings is 3. The molecule has 1 fully saturated rings. The highest BCUT2D eigenvalue weighted by Crippen LogP contribution is 2.24. The minimum absolute atomic E-state index is 0.0217. The molecule has 0 spiro atoms. The van der Waals surface area contributed by atoms with Crippen molar-refractivity contribution in [3.8, 4) is 17.2 Å². The van der Waals surface area contributed by atoms with Crippen LogP contribution in [0.3, 0.4) is 0 Å². The molecule has 0 radical (unpaired) electrons. The topological polar surface area (TPSA) is 138 Å². The normalized spacial score (nSPS) is 21.6. The summed E-state index contributed by atoms with van der Waals surface area (Å²) in [4.78, 5) is 12.9. The number of amides is 1. The predicted octanol–water partition coefficient (Wildman–Crippen LogP) is 2.42. The van der Waals surface area contributed by atoms with Crippen molar-refractivity contribution >= 4 is 15.9 Å². The summed E-state index contributed by atoms with van der Waals surface area (Å²) in [6.45, 7) is -0.154. The molecule has 4 rings (SSSR count). The smallest absolute Gasteiger partial charge is 0.251 e. The zero-order valence-corrected chi connectivity index (χ0v) is 20.9. The molecule has 1 aliphatic heterocycles. The number of sulfonamides is 1. The molecule has 4 atom stereocenters. The third-order valence-corrected chi connectivity index (χ3v) is 7.58.